The zero-order valence-corrected chi connectivity index (χ0v) is 8.23. The molecule has 0 aliphatic carbocycles. The first-order chi connectivity index (χ1) is 6.85. The van der Waals surface area contributed by atoms with Crippen molar-refractivity contribution in [1.82, 2.24) is 0 Å². The normalized spacial score (nSPS) is 14.0. The molecule has 0 N–H and O–H groups in total. The van der Waals surface area contributed by atoms with E-state index < -0.39 is 0 Å². The molecule has 1 aliphatic rings. The molecule has 1 aromatic carbocycles. The monoisotopic (exact) mass is 192 g/mol. The molecule has 0 radical (unpaired) electrons. The maximum atomic E-state index is 5.19. The minimum absolute atomic E-state index is 0.676. The minimum Gasteiger partial charge on any atom is -0.497 e. The van der Waals surface area contributed by atoms with Crippen molar-refractivity contribution in [2.24, 2.45) is 4.99 Å². The van der Waals surface area contributed by atoms with Crippen LogP contribution in [0.5, 0.6) is 5.75 Å². The van der Waals surface area contributed by atoms with Crippen LogP contribution in [-0.4, -0.2) is 27.0 Å². The predicted octanol–water partition coefficient (Wildman–Crippen LogP) is 1.78. The highest BCUT2D eigenvalue weighted by atomic mass is 16.7. The van der Waals surface area contributed by atoms with Crippen molar-refractivity contribution in [3.05, 3.63) is 18.2 Å². The Hall–Kier alpha value is -1.55. The van der Waals surface area contributed by atoms with Gasteiger partial charge in [-0.1, -0.05) is 0 Å². The van der Waals surface area contributed by atoms with Gasteiger partial charge in [0.05, 0.1) is 32.1 Å². The molecule has 0 unspecified atom stereocenters. The maximum Gasteiger partial charge on any atom is 0.121 e. The van der Waals surface area contributed by atoms with Crippen LogP contribution in [-0.2, 0) is 4.84 Å². The van der Waals surface area contributed by atoms with Crippen LogP contribution in [0, 0.1) is 0 Å². The van der Waals surface area contributed by atoms with Crippen LogP contribution in [0.2, 0.25) is 0 Å². The number of benzene rings is 1. The van der Waals surface area contributed by atoms with Gasteiger partial charge in [0, 0.05) is 12.3 Å². The smallest absolute Gasteiger partial charge is 0.121 e. The molecule has 74 valence electrons. The Balaban J connectivity index is 2.42. The molecule has 0 aromatic heterocycles. The minimum atomic E-state index is 0.676. The fourth-order valence-electron chi connectivity index (χ4n) is 1.43. The molecule has 1 aromatic rings. The number of hydrogen-bond acceptors (Lipinski definition) is 4. The number of anilines is 1. The van der Waals surface area contributed by atoms with Gasteiger partial charge in [-0.25, -0.2) is 5.06 Å². The number of hydroxylamine groups is 1. The Morgan fingerprint density at radius 1 is 1.36 bits per heavy atom. The summed E-state index contributed by atoms with van der Waals surface area (Å²) in [6, 6.07) is 5.72. The number of nitrogens with zero attached hydrogens (tertiary/aromatic N) is 2. The summed E-state index contributed by atoms with van der Waals surface area (Å²) in [4.78, 5) is 9.47. The Bertz CT molecular complexity index is 363. The lowest BCUT2D eigenvalue weighted by Crippen LogP contribution is -2.25. The van der Waals surface area contributed by atoms with Gasteiger partial charge in [-0.15, -0.1) is 0 Å². The molecule has 0 fully saturated rings. The van der Waals surface area contributed by atoms with E-state index in [0.29, 0.717) is 6.54 Å². The first-order valence-corrected chi connectivity index (χ1v) is 4.37. The molecule has 1 aliphatic heterocycles. The van der Waals surface area contributed by atoms with E-state index in [-0.39, 0.29) is 0 Å². The van der Waals surface area contributed by atoms with E-state index in [2.05, 4.69) is 4.99 Å². The lowest BCUT2D eigenvalue weighted by Gasteiger charge is -2.24. The summed E-state index contributed by atoms with van der Waals surface area (Å²) in [5, 5.41) is 1.78. The summed E-state index contributed by atoms with van der Waals surface area (Å²) in [5.74, 6) is 0.804. The van der Waals surface area contributed by atoms with Crippen molar-refractivity contribution in [2.75, 3.05) is 25.8 Å². The number of rotatable bonds is 2. The summed E-state index contributed by atoms with van der Waals surface area (Å²) in [5.41, 5.74) is 1.84. The second-order valence-electron chi connectivity index (χ2n) is 2.91. The van der Waals surface area contributed by atoms with Crippen molar-refractivity contribution in [3.8, 4) is 5.75 Å². The van der Waals surface area contributed by atoms with Crippen LogP contribution in [0.4, 0.5) is 11.4 Å². The van der Waals surface area contributed by atoms with Crippen LogP contribution >= 0.6 is 0 Å². The molecule has 0 bridgehead atoms. The summed E-state index contributed by atoms with van der Waals surface area (Å²) in [7, 11) is 3.29. The lowest BCUT2D eigenvalue weighted by molar-refractivity contribution is 0.178. The van der Waals surface area contributed by atoms with Crippen LogP contribution in [0.25, 0.3) is 0 Å². The third-order valence-electron chi connectivity index (χ3n) is 2.15. The Kier molecular flexibility index (Phi) is 2.37. The van der Waals surface area contributed by atoms with Gasteiger partial charge in [0.1, 0.15) is 5.75 Å². The van der Waals surface area contributed by atoms with Crippen LogP contribution < -0.4 is 9.80 Å². The lowest BCUT2D eigenvalue weighted by atomic mass is 10.2. The largest absolute Gasteiger partial charge is 0.497 e. The third-order valence-corrected chi connectivity index (χ3v) is 2.15. The standard InChI is InChI=1S/C10H12N2O2/c1-13-8-3-4-10-9(7-8)11-5-6-12(10)14-2/h3-5,7H,6H2,1-2H3. The molecule has 0 saturated heterocycles. The van der Waals surface area contributed by atoms with E-state index in [1.807, 2.05) is 24.4 Å². The van der Waals surface area contributed by atoms with Gasteiger partial charge in [-0.2, -0.15) is 0 Å². The molecule has 1 heterocycles. The van der Waals surface area contributed by atoms with E-state index in [4.69, 9.17) is 9.57 Å². The molecule has 14 heavy (non-hydrogen) atoms. The van der Waals surface area contributed by atoms with E-state index in [1.165, 1.54) is 0 Å². The summed E-state index contributed by atoms with van der Waals surface area (Å²) < 4.78 is 5.12. The van der Waals surface area contributed by atoms with E-state index in [9.17, 15) is 0 Å². The number of hydrogen-bond donors (Lipinski definition) is 0. The first kappa shape index (κ1) is 9.02. The highest BCUT2D eigenvalue weighted by Crippen LogP contribution is 2.34. The second kappa shape index (κ2) is 3.67. The van der Waals surface area contributed by atoms with Crippen LogP contribution in [0.1, 0.15) is 0 Å². The average Bonchev–Trinajstić information content (AvgIpc) is 2.27. The van der Waals surface area contributed by atoms with Gasteiger partial charge in [-0.05, 0) is 12.1 Å². The van der Waals surface area contributed by atoms with Gasteiger partial charge >= 0.3 is 0 Å². The van der Waals surface area contributed by atoms with Crippen molar-refractivity contribution in [2.45, 2.75) is 0 Å². The van der Waals surface area contributed by atoms with E-state index >= 15 is 0 Å². The molecule has 0 atom stereocenters. The average molecular weight is 192 g/mol. The fraction of sp³-hybridized carbons (Fsp3) is 0.300. The van der Waals surface area contributed by atoms with Crippen molar-refractivity contribution >= 4 is 17.6 Å². The van der Waals surface area contributed by atoms with Gasteiger partial charge in [0.25, 0.3) is 0 Å². The summed E-state index contributed by atoms with van der Waals surface area (Å²) in [6.45, 7) is 0.676. The van der Waals surface area contributed by atoms with Gasteiger partial charge in [0.15, 0.2) is 0 Å². The fourth-order valence-corrected chi connectivity index (χ4v) is 1.43. The number of ether oxygens (including phenoxy) is 1. The second-order valence-corrected chi connectivity index (χ2v) is 2.91. The zero-order valence-electron chi connectivity index (χ0n) is 8.23. The van der Waals surface area contributed by atoms with Gasteiger partial charge in [0.2, 0.25) is 0 Å². The Labute approximate surface area is 82.7 Å². The Morgan fingerprint density at radius 3 is 2.93 bits per heavy atom. The molecule has 0 spiro atoms. The number of methoxy groups -OCH3 is 1. The molecule has 2 rings (SSSR count). The molecular weight excluding hydrogens is 180 g/mol. The van der Waals surface area contributed by atoms with Crippen molar-refractivity contribution in [1.29, 1.82) is 0 Å². The molecule has 0 saturated carbocycles. The number of fused-ring (bicyclic) bond motifs is 1. The van der Waals surface area contributed by atoms with Crippen molar-refractivity contribution in [3.63, 3.8) is 0 Å². The Morgan fingerprint density at radius 2 is 2.21 bits per heavy atom. The topological polar surface area (TPSA) is 34.1 Å². The van der Waals surface area contributed by atoms with E-state index in [0.717, 1.165) is 17.1 Å². The van der Waals surface area contributed by atoms with Crippen LogP contribution in [0.15, 0.2) is 23.2 Å². The third kappa shape index (κ3) is 1.44. The van der Waals surface area contributed by atoms with Crippen molar-refractivity contribution < 1.29 is 9.57 Å². The van der Waals surface area contributed by atoms with Gasteiger partial charge < -0.3 is 4.74 Å². The summed E-state index contributed by atoms with van der Waals surface area (Å²) in [6.07, 6.45) is 1.81. The molecular formula is C10H12N2O2. The first-order valence-electron chi connectivity index (χ1n) is 4.37. The van der Waals surface area contributed by atoms with Gasteiger partial charge in [-0.3, -0.25) is 9.83 Å². The predicted molar refractivity (Wildman–Crippen MR) is 55.5 cm³/mol. The van der Waals surface area contributed by atoms with E-state index in [1.54, 1.807) is 19.3 Å². The highest BCUT2D eigenvalue weighted by molar-refractivity contribution is 5.81. The zero-order chi connectivity index (χ0) is 9.97. The number of aliphatic imine (C=N–C) groups is 1. The molecule has 4 heteroatoms. The summed E-state index contributed by atoms with van der Waals surface area (Å²) >= 11 is 0. The maximum absolute atomic E-state index is 5.19. The quantitative estimate of drug-likeness (QED) is 0.716. The molecule has 0 amide bonds. The van der Waals surface area contributed by atoms with Crippen LogP contribution in [0.3, 0.4) is 0 Å². The molecule has 4 nitrogen and oxygen atoms in total. The highest BCUT2D eigenvalue weighted by Gasteiger charge is 2.13. The SMILES string of the molecule is COc1ccc2c(c1)N=CCN2OC.